The lowest BCUT2D eigenvalue weighted by Crippen LogP contribution is -2.40. The topological polar surface area (TPSA) is 90.9 Å². The van der Waals surface area contributed by atoms with Gasteiger partial charge in [0.15, 0.2) is 11.3 Å². The van der Waals surface area contributed by atoms with Gasteiger partial charge in [0.05, 0.1) is 17.5 Å². The highest BCUT2D eigenvalue weighted by atomic mass is 32.2. The minimum absolute atomic E-state index is 0.174. The summed E-state index contributed by atoms with van der Waals surface area (Å²) in [5, 5.41) is 7.00. The first kappa shape index (κ1) is 17.0. The lowest BCUT2D eigenvalue weighted by Gasteiger charge is -2.09. The normalized spacial score (nSPS) is 11.5. The number of hydrogen-bond donors (Lipinski definition) is 1. The molecule has 1 heterocycles. The van der Waals surface area contributed by atoms with Crippen molar-refractivity contribution in [3.05, 3.63) is 63.4 Å². The molecule has 0 aliphatic heterocycles. The maximum absolute atomic E-state index is 12.7. The number of rotatable bonds is 1. The third-order valence-electron chi connectivity index (χ3n) is 2.65. The molecule has 21 heavy (non-hydrogen) atoms. The van der Waals surface area contributed by atoms with E-state index >= 15 is 0 Å². The molecule has 0 saturated heterocycles. The third-order valence-corrected chi connectivity index (χ3v) is 3.23. The summed E-state index contributed by atoms with van der Waals surface area (Å²) >= 11 is -2.86. The van der Waals surface area contributed by atoms with Gasteiger partial charge in [-0.3, -0.25) is 14.2 Å². The number of halogens is 1. The number of aromatic nitrogens is 2. The predicted molar refractivity (Wildman–Crippen MR) is 75.7 cm³/mol. The Balaban J connectivity index is 0.000000235. The molecule has 0 bridgehead atoms. The lowest BCUT2D eigenvalue weighted by atomic mass is 10.2. The highest BCUT2D eigenvalue weighted by Crippen LogP contribution is 1.99. The van der Waals surface area contributed by atoms with Crippen LogP contribution in [0.2, 0.25) is 0 Å². The second-order valence-electron chi connectivity index (χ2n) is 4.36. The average molecular weight is 312 g/mol. The van der Waals surface area contributed by atoms with Crippen molar-refractivity contribution in [3.63, 3.8) is 0 Å². The molecule has 0 amide bonds. The van der Waals surface area contributed by atoms with Gasteiger partial charge in [0.2, 0.25) is 0 Å². The summed E-state index contributed by atoms with van der Waals surface area (Å²) in [4.78, 5) is 11.0. The molecule has 8 heteroatoms. The smallest absolute Gasteiger partial charge is 0.340 e. The van der Waals surface area contributed by atoms with Gasteiger partial charge in [-0.05, 0) is 13.8 Å². The van der Waals surface area contributed by atoms with Crippen molar-refractivity contribution < 1.29 is 13.2 Å². The number of aryl methyl sites for hydroxylation is 2. The Hall–Kier alpha value is -2.06. The van der Waals surface area contributed by atoms with Crippen molar-refractivity contribution in [2.24, 2.45) is 7.05 Å². The molecule has 1 aromatic heterocycles. The lowest BCUT2D eigenvalue weighted by molar-refractivity contribution is 0.505. The van der Waals surface area contributed by atoms with Gasteiger partial charge >= 0.3 is 5.69 Å². The van der Waals surface area contributed by atoms with E-state index < -0.39 is 28.3 Å². The van der Waals surface area contributed by atoms with Crippen LogP contribution in [-0.2, 0) is 18.3 Å². The zero-order valence-electron chi connectivity index (χ0n) is 11.8. The molecular weight excluding hydrogens is 297 g/mol. The summed E-state index contributed by atoms with van der Waals surface area (Å²) in [5.41, 5.74) is 1.01. The number of hydrogen-bond acceptors (Lipinski definition) is 4. The summed E-state index contributed by atoms with van der Waals surface area (Å²) < 4.78 is 34.2. The fourth-order valence-electron chi connectivity index (χ4n) is 1.37. The van der Waals surface area contributed by atoms with E-state index in [1.165, 1.54) is 11.1 Å². The Morgan fingerprint density at radius 2 is 1.62 bits per heavy atom. The molecule has 1 aromatic carbocycles. The van der Waals surface area contributed by atoms with Crippen LogP contribution in [0.25, 0.3) is 0 Å². The van der Waals surface area contributed by atoms with E-state index in [9.17, 15) is 17.9 Å². The van der Waals surface area contributed by atoms with Gasteiger partial charge in [0, 0.05) is 7.05 Å². The van der Waals surface area contributed by atoms with Crippen molar-refractivity contribution in [1.82, 2.24) is 8.54 Å². The summed E-state index contributed by atoms with van der Waals surface area (Å²) in [6, 6.07) is 8.48. The quantitative estimate of drug-likeness (QED) is 0.788. The van der Waals surface area contributed by atoms with Crippen molar-refractivity contribution in [2.45, 2.75) is 13.8 Å². The Kier molecular flexibility index (Phi) is 5.74. The Morgan fingerprint density at radius 1 is 1.19 bits per heavy atom. The maximum Gasteiger partial charge on any atom is 0.340 e. The van der Waals surface area contributed by atoms with Gasteiger partial charge < -0.3 is 4.55 Å². The van der Waals surface area contributed by atoms with Crippen LogP contribution in [0.4, 0.5) is 4.39 Å². The van der Waals surface area contributed by atoms with Gasteiger partial charge in [-0.1, -0.05) is 35.4 Å². The summed E-state index contributed by atoms with van der Waals surface area (Å²) in [6.07, 6.45) is 0.452. The van der Waals surface area contributed by atoms with Crippen LogP contribution < -0.4 is 11.2 Å². The Bertz CT molecular complexity index is 745. The zero-order valence-corrected chi connectivity index (χ0v) is 12.6. The molecule has 0 spiro atoms. The summed E-state index contributed by atoms with van der Waals surface area (Å²) in [6.45, 7) is 4.19. The molecule has 114 valence electrons. The Labute approximate surface area is 123 Å². The average Bonchev–Trinajstić information content (AvgIpc) is 2.44. The van der Waals surface area contributed by atoms with Crippen molar-refractivity contribution in [1.29, 1.82) is 5.41 Å². The van der Waals surface area contributed by atoms with Crippen molar-refractivity contribution in [3.8, 4) is 0 Å². The highest BCUT2D eigenvalue weighted by Gasteiger charge is 2.04. The third kappa shape index (κ3) is 4.47. The summed E-state index contributed by atoms with van der Waals surface area (Å²) in [7, 11) is 1.11. The molecule has 0 radical (unpaired) electrons. The minimum Gasteiger partial charge on any atom is -0.755 e. The number of benzene rings is 1. The van der Waals surface area contributed by atoms with E-state index in [0.717, 1.165) is 7.05 Å². The SMILES string of the molecule is Cc1ccc(C)cc1.Cn1c(=N)c(F)cn(S(=O)[O-])c1=O. The molecule has 2 aromatic rings. The fourth-order valence-corrected chi connectivity index (χ4v) is 1.80. The van der Waals surface area contributed by atoms with Crippen LogP contribution in [0.5, 0.6) is 0 Å². The fraction of sp³-hybridized carbons (Fsp3) is 0.231. The van der Waals surface area contributed by atoms with E-state index in [1.807, 2.05) is 0 Å². The van der Waals surface area contributed by atoms with E-state index in [4.69, 9.17) is 5.41 Å². The monoisotopic (exact) mass is 312 g/mol. The molecule has 2 rings (SSSR count). The van der Waals surface area contributed by atoms with E-state index in [2.05, 4.69) is 38.1 Å². The van der Waals surface area contributed by atoms with E-state index in [0.29, 0.717) is 10.8 Å². The van der Waals surface area contributed by atoms with Crippen molar-refractivity contribution in [2.75, 3.05) is 0 Å². The van der Waals surface area contributed by atoms with E-state index in [-0.39, 0.29) is 3.97 Å². The van der Waals surface area contributed by atoms with Crippen LogP contribution in [-0.4, -0.2) is 17.3 Å². The number of nitrogens with zero attached hydrogens (tertiary/aromatic N) is 2. The first-order chi connectivity index (χ1) is 9.73. The molecule has 1 unspecified atom stereocenters. The molecule has 0 aliphatic rings. The van der Waals surface area contributed by atoms with E-state index in [1.54, 1.807) is 0 Å². The minimum atomic E-state index is -2.86. The highest BCUT2D eigenvalue weighted by molar-refractivity contribution is 7.77. The van der Waals surface area contributed by atoms with Gasteiger partial charge in [-0.15, -0.1) is 0 Å². The molecule has 6 nitrogen and oxygen atoms in total. The zero-order chi connectivity index (χ0) is 16.2. The van der Waals surface area contributed by atoms with Crippen LogP contribution in [0, 0.1) is 25.1 Å². The molecule has 1 N–H and O–H groups in total. The Morgan fingerprint density at radius 3 is 2.00 bits per heavy atom. The van der Waals surface area contributed by atoms with Crippen LogP contribution >= 0.6 is 0 Å². The molecule has 1 atom stereocenters. The summed E-state index contributed by atoms with van der Waals surface area (Å²) in [5.74, 6) is -1.08. The van der Waals surface area contributed by atoms with Crippen molar-refractivity contribution >= 4 is 11.3 Å². The standard InChI is InChI=1S/C8H10.C5H6FN3O3S/c1-7-3-5-8(2)6-4-7;1-8-4(7)3(6)2-9(5(8)10)13(11)12/h3-6H,1-2H3;2,7H,1H3,(H,11,12)/p-1. The van der Waals surface area contributed by atoms with Crippen LogP contribution in [0.15, 0.2) is 35.3 Å². The second kappa shape index (κ2) is 7.09. The van der Waals surface area contributed by atoms with Crippen LogP contribution in [0.1, 0.15) is 11.1 Å². The van der Waals surface area contributed by atoms with Gasteiger partial charge in [0.25, 0.3) is 0 Å². The molecular formula is C13H15FN3O3S-. The number of nitrogens with one attached hydrogen (secondary N) is 1. The first-order valence-electron chi connectivity index (χ1n) is 5.90. The molecule has 0 saturated carbocycles. The van der Waals surface area contributed by atoms with Gasteiger partial charge in [-0.2, -0.15) is 0 Å². The second-order valence-corrected chi connectivity index (χ2v) is 5.19. The molecule has 0 aliphatic carbocycles. The predicted octanol–water partition coefficient (Wildman–Crippen LogP) is 0.751. The maximum atomic E-state index is 12.7. The largest absolute Gasteiger partial charge is 0.755 e. The van der Waals surface area contributed by atoms with Crippen LogP contribution in [0.3, 0.4) is 0 Å². The first-order valence-corrected chi connectivity index (χ1v) is 6.93. The van der Waals surface area contributed by atoms with Gasteiger partial charge in [0.1, 0.15) is 0 Å². The van der Waals surface area contributed by atoms with Gasteiger partial charge in [-0.25, -0.2) is 13.2 Å². The molecule has 0 fully saturated rings.